The minimum Gasteiger partial charge on any atom is -0.399 e. The van der Waals surface area contributed by atoms with Crippen LogP contribution in [0.5, 0.6) is 0 Å². The lowest BCUT2D eigenvalue weighted by atomic mass is 9.98. The van der Waals surface area contributed by atoms with E-state index in [0.29, 0.717) is 17.8 Å². The Labute approximate surface area is 184 Å². The third-order valence-corrected chi connectivity index (χ3v) is 5.19. The molecule has 2 N–H and O–H groups in total. The van der Waals surface area contributed by atoms with E-state index in [9.17, 15) is 5.26 Å². The highest BCUT2D eigenvalue weighted by molar-refractivity contribution is 5.76. The van der Waals surface area contributed by atoms with Crippen LogP contribution in [0.1, 0.15) is 49.0 Å². The summed E-state index contributed by atoms with van der Waals surface area (Å²) < 4.78 is 2.20. The Morgan fingerprint density at radius 3 is 2.35 bits per heavy atom. The monoisotopic (exact) mass is 411 g/mol. The standard InChI is InChI=1S/C24H23N5.C2H6/c1-4-22-28-23-15(2)11-16(3)27-24(23)29(22)14-17-5-7-18(8-6-17)21-12-20(26)10-9-19(21)13-25;1-2/h5-12H,4,14,26H2,1-3H3;1-2H3. The van der Waals surface area contributed by atoms with Gasteiger partial charge in [0.1, 0.15) is 11.3 Å². The molecule has 2 aromatic heterocycles. The minimum atomic E-state index is 0.621. The van der Waals surface area contributed by atoms with Crippen molar-refractivity contribution in [2.75, 3.05) is 5.73 Å². The van der Waals surface area contributed by atoms with Gasteiger partial charge < -0.3 is 10.3 Å². The molecule has 0 spiro atoms. The smallest absolute Gasteiger partial charge is 0.160 e. The van der Waals surface area contributed by atoms with Gasteiger partial charge in [0.25, 0.3) is 0 Å². The molecular weight excluding hydrogens is 382 g/mol. The maximum atomic E-state index is 9.39. The predicted molar refractivity (Wildman–Crippen MR) is 128 cm³/mol. The number of rotatable bonds is 4. The number of nitriles is 1. The molecular formula is C26H29N5. The number of anilines is 1. The summed E-state index contributed by atoms with van der Waals surface area (Å²) in [6.45, 7) is 10.9. The first-order valence-electron chi connectivity index (χ1n) is 10.7. The molecule has 0 aliphatic carbocycles. The van der Waals surface area contributed by atoms with Gasteiger partial charge in [0, 0.05) is 23.4 Å². The number of pyridine rings is 1. The molecule has 0 fully saturated rings. The van der Waals surface area contributed by atoms with Gasteiger partial charge in [-0.3, -0.25) is 0 Å². The molecule has 0 unspecified atom stereocenters. The lowest BCUT2D eigenvalue weighted by molar-refractivity contribution is 0.745. The second-order valence-electron chi connectivity index (χ2n) is 7.33. The predicted octanol–water partition coefficient (Wildman–Crippen LogP) is 5.81. The fraction of sp³-hybridized carbons (Fsp3) is 0.269. The van der Waals surface area contributed by atoms with Crippen LogP contribution in [0.15, 0.2) is 48.5 Å². The number of nitrogens with two attached hydrogens (primary N) is 1. The van der Waals surface area contributed by atoms with Crippen molar-refractivity contribution in [2.24, 2.45) is 0 Å². The number of hydrogen-bond acceptors (Lipinski definition) is 4. The summed E-state index contributed by atoms with van der Waals surface area (Å²) in [7, 11) is 0. The molecule has 2 aromatic carbocycles. The Kier molecular flexibility index (Phi) is 6.71. The van der Waals surface area contributed by atoms with Gasteiger partial charge in [-0.1, -0.05) is 45.0 Å². The fourth-order valence-electron chi connectivity index (χ4n) is 3.75. The average molecular weight is 412 g/mol. The van der Waals surface area contributed by atoms with Crippen LogP contribution >= 0.6 is 0 Å². The van der Waals surface area contributed by atoms with Crippen molar-refractivity contribution in [3.05, 3.63) is 76.7 Å². The molecule has 0 aliphatic rings. The lowest BCUT2D eigenvalue weighted by Gasteiger charge is -2.10. The molecule has 31 heavy (non-hydrogen) atoms. The molecule has 0 aliphatic heterocycles. The number of fused-ring (bicyclic) bond motifs is 1. The number of nitrogens with zero attached hydrogens (tertiary/aromatic N) is 4. The average Bonchev–Trinajstić information content (AvgIpc) is 3.13. The van der Waals surface area contributed by atoms with Crippen LogP contribution < -0.4 is 5.73 Å². The van der Waals surface area contributed by atoms with Crippen LogP contribution in [0.4, 0.5) is 5.69 Å². The summed E-state index contributed by atoms with van der Waals surface area (Å²) in [4.78, 5) is 9.57. The van der Waals surface area contributed by atoms with E-state index in [4.69, 9.17) is 15.7 Å². The highest BCUT2D eigenvalue weighted by atomic mass is 15.1. The van der Waals surface area contributed by atoms with Gasteiger partial charge in [-0.25, -0.2) is 9.97 Å². The van der Waals surface area contributed by atoms with E-state index in [0.717, 1.165) is 51.4 Å². The number of imidazole rings is 1. The van der Waals surface area contributed by atoms with Crippen LogP contribution in [0.3, 0.4) is 0 Å². The second-order valence-corrected chi connectivity index (χ2v) is 7.33. The highest BCUT2D eigenvalue weighted by Gasteiger charge is 2.14. The zero-order valence-corrected chi connectivity index (χ0v) is 18.9. The molecule has 0 radical (unpaired) electrons. The Hall–Kier alpha value is -3.65. The van der Waals surface area contributed by atoms with E-state index in [2.05, 4.69) is 42.7 Å². The Balaban J connectivity index is 0.00000132. The van der Waals surface area contributed by atoms with Crippen molar-refractivity contribution < 1.29 is 0 Å². The van der Waals surface area contributed by atoms with Gasteiger partial charge >= 0.3 is 0 Å². The fourth-order valence-corrected chi connectivity index (χ4v) is 3.75. The van der Waals surface area contributed by atoms with Gasteiger partial charge in [-0.05, 0) is 54.8 Å². The van der Waals surface area contributed by atoms with Crippen LogP contribution in [-0.4, -0.2) is 14.5 Å². The number of hydrogen-bond donors (Lipinski definition) is 1. The van der Waals surface area contributed by atoms with Gasteiger partial charge in [0.15, 0.2) is 5.65 Å². The Morgan fingerprint density at radius 1 is 1.00 bits per heavy atom. The number of benzene rings is 2. The third kappa shape index (κ3) is 4.44. The number of aromatic nitrogens is 3. The molecule has 158 valence electrons. The zero-order valence-electron chi connectivity index (χ0n) is 18.9. The molecule has 0 bridgehead atoms. The Bertz CT molecular complexity index is 1240. The van der Waals surface area contributed by atoms with Crippen molar-refractivity contribution in [1.82, 2.24) is 14.5 Å². The van der Waals surface area contributed by atoms with E-state index in [1.165, 1.54) is 0 Å². The summed E-state index contributed by atoms with van der Waals surface area (Å²) in [5, 5.41) is 9.39. The molecule has 0 atom stereocenters. The van der Waals surface area contributed by atoms with Crippen molar-refractivity contribution in [1.29, 1.82) is 5.26 Å². The van der Waals surface area contributed by atoms with Crippen LogP contribution in [0.2, 0.25) is 0 Å². The van der Waals surface area contributed by atoms with Gasteiger partial charge in [0.05, 0.1) is 18.2 Å². The second kappa shape index (κ2) is 9.44. The number of aryl methyl sites for hydroxylation is 3. The normalized spacial score (nSPS) is 10.5. The first-order chi connectivity index (χ1) is 15.0. The summed E-state index contributed by atoms with van der Waals surface area (Å²) in [5.74, 6) is 1.04. The van der Waals surface area contributed by atoms with Crippen molar-refractivity contribution in [2.45, 2.75) is 47.6 Å². The first-order valence-corrected chi connectivity index (χ1v) is 10.7. The molecule has 5 heteroatoms. The summed E-state index contributed by atoms with van der Waals surface area (Å²) in [6, 6.07) is 17.9. The number of nitrogen functional groups attached to an aromatic ring is 1. The quantitative estimate of drug-likeness (QED) is 0.430. The van der Waals surface area contributed by atoms with Gasteiger partial charge in [0.2, 0.25) is 0 Å². The summed E-state index contributed by atoms with van der Waals surface area (Å²) in [5.41, 5.74) is 14.3. The minimum absolute atomic E-state index is 0.621. The van der Waals surface area contributed by atoms with Gasteiger partial charge in [-0.2, -0.15) is 5.26 Å². The molecule has 0 saturated carbocycles. The molecule has 5 nitrogen and oxygen atoms in total. The van der Waals surface area contributed by atoms with Gasteiger partial charge in [-0.15, -0.1) is 0 Å². The molecule has 0 saturated heterocycles. The third-order valence-electron chi connectivity index (χ3n) is 5.19. The molecule has 2 heterocycles. The summed E-state index contributed by atoms with van der Waals surface area (Å²) >= 11 is 0. The van der Waals surface area contributed by atoms with Crippen molar-refractivity contribution in [3.63, 3.8) is 0 Å². The highest BCUT2D eigenvalue weighted by Crippen LogP contribution is 2.27. The molecule has 4 rings (SSSR count). The molecule has 0 amide bonds. The van der Waals surface area contributed by atoms with Crippen LogP contribution in [-0.2, 0) is 13.0 Å². The largest absolute Gasteiger partial charge is 0.399 e. The summed E-state index contributed by atoms with van der Waals surface area (Å²) in [6.07, 6.45) is 0.849. The van der Waals surface area contributed by atoms with E-state index in [-0.39, 0.29) is 0 Å². The van der Waals surface area contributed by atoms with Crippen molar-refractivity contribution in [3.8, 4) is 17.2 Å². The lowest BCUT2D eigenvalue weighted by Crippen LogP contribution is -2.05. The van der Waals surface area contributed by atoms with E-state index in [1.54, 1.807) is 12.1 Å². The Morgan fingerprint density at radius 2 is 1.71 bits per heavy atom. The SMILES string of the molecule is CC.CCc1nc2c(C)cc(C)nc2n1Cc1ccc(-c2cc(N)ccc2C#N)cc1. The topological polar surface area (TPSA) is 80.5 Å². The van der Waals surface area contributed by atoms with Crippen LogP contribution in [0.25, 0.3) is 22.3 Å². The van der Waals surface area contributed by atoms with Crippen molar-refractivity contribution >= 4 is 16.9 Å². The van der Waals surface area contributed by atoms with E-state index in [1.807, 2.05) is 39.0 Å². The molecule has 4 aromatic rings. The maximum absolute atomic E-state index is 9.39. The van der Waals surface area contributed by atoms with E-state index < -0.39 is 0 Å². The maximum Gasteiger partial charge on any atom is 0.160 e. The van der Waals surface area contributed by atoms with E-state index >= 15 is 0 Å². The first kappa shape index (κ1) is 22.0. The zero-order chi connectivity index (χ0) is 22.5. The van der Waals surface area contributed by atoms with Crippen LogP contribution in [0, 0.1) is 25.2 Å².